The van der Waals surface area contributed by atoms with Crippen molar-refractivity contribution in [3.8, 4) is 11.8 Å². The van der Waals surface area contributed by atoms with Crippen molar-refractivity contribution in [1.29, 1.82) is 5.26 Å². The summed E-state index contributed by atoms with van der Waals surface area (Å²) in [6.07, 6.45) is 0. The smallest absolute Gasteiger partial charge is 0.182 e. The molecule has 6 heteroatoms. The van der Waals surface area contributed by atoms with Crippen LogP contribution in [0.15, 0.2) is 36.4 Å². The third-order valence-corrected chi connectivity index (χ3v) is 3.56. The zero-order chi connectivity index (χ0) is 14.3. The molecule has 0 atom stereocenters. The molecule has 0 spiro atoms. The first-order valence-electron chi connectivity index (χ1n) is 5.71. The van der Waals surface area contributed by atoms with E-state index in [1.54, 1.807) is 12.1 Å². The topological polar surface area (TPSA) is 44.5 Å². The SMILES string of the molecule is N#Cc1ccc(-n2c(=S)[nH]c3cccc(Cl)c32)c(F)c1. The Morgan fingerprint density at radius 3 is 2.80 bits per heavy atom. The molecular formula is C14H7ClFN3S. The highest BCUT2D eigenvalue weighted by molar-refractivity contribution is 7.71. The van der Waals surface area contributed by atoms with Gasteiger partial charge in [-0.15, -0.1) is 0 Å². The van der Waals surface area contributed by atoms with Crippen molar-refractivity contribution in [2.24, 2.45) is 0 Å². The molecule has 3 aromatic rings. The monoisotopic (exact) mass is 303 g/mol. The molecule has 98 valence electrons. The molecule has 0 aliphatic heterocycles. The lowest BCUT2D eigenvalue weighted by Gasteiger charge is -2.07. The van der Waals surface area contributed by atoms with Crippen LogP contribution in [0.25, 0.3) is 16.7 Å². The van der Waals surface area contributed by atoms with E-state index in [2.05, 4.69) is 4.98 Å². The Hall–Kier alpha value is -2.16. The van der Waals surface area contributed by atoms with Crippen LogP contribution < -0.4 is 0 Å². The van der Waals surface area contributed by atoms with Crippen LogP contribution >= 0.6 is 23.8 Å². The van der Waals surface area contributed by atoms with Crippen LogP contribution in [0.2, 0.25) is 5.02 Å². The van der Waals surface area contributed by atoms with Crippen molar-refractivity contribution < 1.29 is 4.39 Å². The van der Waals surface area contributed by atoms with E-state index in [4.69, 9.17) is 29.1 Å². The lowest BCUT2D eigenvalue weighted by Crippen LogP contribution is -1.98. The van der Waals surface area contributed by atoms with Gasteiger partial charge in [0.05, 0.1) is 33.4 Å². The molecule has 0 saturated heterocycles. The molecule has 2 aromatic carbocycles. The van der Waals surface area contributed by atoms with E-state index < -0.39 is 5.82 Å². The first-order chi connectivity index (χ1) is 9.61. The molecule has 1 N–H and O–H groups in total. The Morgan fingerprint density at radius 1 is 1.30 bits per heavy atom. The van der Waals surface area contributed by atoms with Crippen LogP contribution in [-0.4, -0.2) is 9.55 Å². The van der Waals surface area contributed by atoms with Gasteiger partial charge in [0.1, 0.15) is 5.82 Å². The summed E-state index contributed by atoms with van der Waals surface area (Å²) in [7, 11) is 0. The minimum atomic E-state index is -0.527. The van der Waals surface area contributed by atoms with Crippen LogP contribution in [0.4, 0.5) is 4.39 Å². The number of para-hydroxylation sites is 1. The number of hydrogen-bond donors (Lipinski definition) is 1. The normalized spacial score (nSPS) is 10.7. The molecule has 0 unspecified atom stereocenters. The van der Waals surface area contributed by atoms with E-state index in [1.807, 2.05) is 12.1 Å². The molecule has 3 nitrogen and oxygen atoms in total. The maximum Gasteiger partial charge on any atom is 0.182 e. The van der Waals surface area contributed by atoms with Crippen molar-refractivity contribution in [2.75, 3.05) is 0 Å². The lowest BCUT2D eigenvalue weighted by molar-refractivity contribution is 0.618. The molecule has 20 heavy (non-hydrogen) atoms. The molecule has 0 radical (unpaired) electrons. The zero-order valence-corrected chi connectivity index (χ0v) is 11.6. The number of fused-ring (bicyclic) bond motifs is 1. The second kappa shape index (κ2) is 4.75. The summed E-state index contributed by atoms with van der Waals surface area (Å²) < 4.78 is 16.0. The highest BCUT2D eigenvalue weighted by Crippen LogP contribution is 2.27. The largest absolute Gasteiger partial charge is 0.330 e. The summed E-state index contributed by atoms with van der Waals surface area (Å²) in [5.41, 5.74) is 1.85. The number of halogens is 2. The third kappa shape index (κ3) is 1.90. The maximum absolute atomic E-state index is 14.2. The second-order valence-electron chi connectivity index (χ2n) is 4.18. The zero-order valence-electron chi connectivity index (χ0n) is 10.0. The molecular weight excluding hydrogens is 297 g/mol. The summed E-state index contributed by atoms with van der Waals surface area (Å²) >= 11 is 11.4. The molecule has 0 fully saturated rings. The van der Waals surface area contributed by atoms with Crippen molar-refractivity contribution in [3.05, 3.63) is 57.6 Å². The quantitative estimate of drug-likeness (QED) is 0.679. The molecule has 0 amide bonds. The number of aromatic nitrogens is 2. The molecule has 1 aromatic heterocycles. The number of imidazole rings is 1. The van der Waals surface area contributed by atoms with Gasteiger partial charge in [-0.3, -0.25) is 4.57 Å². The standard InChI is InChI=1S/C14H7ClFN3S/c15-9-2-1-3-11-13(9)19(14(20)18-11)12-5-4-8(7-17)6-10(12)16/h1-6H,(H,18,20). The van der Waals surface area contributed by atoms with E-state index in [0.717, 1.165) is 5.52 Å². The van der Waals surface area contributed by atoms with Gasteiger partial charge in [0, 0.05) is 0 Å². The highest BCUT2D eigenvalue weighted by atomic mass is 35.5. The van der Waals surface area contributed by atoms with Gasteiger partial charge < -0.3 is 4.98 Å². The fraction of sp³-hybridized carbons (Fsp3) is 0. The second-order valence-corrected chi connectivity index (χ2v) is 4.97. The average molecular weight is 304 g/mol. The summed E-state index contributed by atoms with van der Waals surface area (Å²) in [5.74, 6) is -0.527. The molecule has 0 bridgehead atoms. The predicted molar refractivity (Wildman–Crippen MR) is 78.1 cm³/mol. The first-order valence-corrected chi connectivity index (χ1v) is 6.49. The Balaban J connectivity index is 2.39. The van der Waals surface area contributed by atoms with E-state index in [1.165, 1.54) is 22.8 Å². The van der Waals surface area contributed by atoms with Crippen molar-refractivity contribution in [1.82, 2.24) is 9.55 Å². The number of hydrogen-bond acceptors (Lipinski definition) is 2. The van der Waals surface area contributed by atoms with Crippen molar-refractivity contribution in [3.63, 3.8) is 0 Å². The van der Waals surface area contributed by atoms with Gasteiger partial charge in [0.15, 0.2) is 4.77 Å². The van der Waals surface area contributed by atoms with Crippen LogP contribution in [0.3, 0.4) is 0 Å². The number of nitrogens with zero attached hydrogens (tertiary/aromatic N) is 2. The molecule has 1 heterocycles. The molecule has 0 aliphatic carbocycles. The Morgan fingerprint density at radius 2 is 2.10 bits per heavy atom. The number of nitriles is 1. The van der Waals surface area contributed by atoms with Gasteiger partial charge in [-0.2, -0.15) is 5.26 Å². The van der Waals surface area contributed by atoms with Gasteiger partial charge in [-0.1, -0.05) is 17.7 Å². The number of nitrogens with one attached hydrogen (secondary N) is 1. The minimum absolute atomic E-state index is 0.253. The van der Waals surface area contributed by atoms with E-state index in [-0.39, 0.29) is 11.3 Å². The number of aromatic amines is 1. The summed E-state index contributed by atoms with van der Waals surface area (Å²) in [4.78, 5) is 2.98. The van der Waals surface area contributed by atoms with E-state index in [0.29, 0.717) is 15.3 Å². The van der Waals surface area contributed by atoms with Crippen LogP contribution in [-0.2, 0) is 0 Å². The Labute approximate surface area is 123 Å². The summed E-state index contributed by atoms with van der Waals surface area (Å²) in [6.45, 7) is 0. The lowest BCUT2D eigenvalue weighted by atomic mass is 10.2. The Bertz CT molecular complexity index is 920. The van der Waals surface area contributed by atoms with Gasteiger partial charge in [-0.05, 0) is 42.5 Å². The molecule has 0 aliphatic rings. The summed E-state index contributed by atoms with van der Waals surface area (Å²) in [6, 6.07) is 11.4. The van der Waals surface area contributed by atoms with Gasteiger partial charge in [-0.25, -0.2) is 4.39 Å². The van der Waals surface area contributed by atoms with Crippen LogP contribution in [0, 0.1) is 21.9 Å². The molecule has 0 saturated carbocycles. The highest BCUT2D eigenvalue weighted by Gasteiger charge is 2.13. The average Bonchev–Trinajstić information content (AvgIpc) is 2.76. The van der Waals surface area contributed by atoms with E-state index in [9.17, 15) is 4.39 Å². The molecule has 3 rings (SSSR count). The minimum Gasteiger partial charge on any atom is -0.330 e. The number of rotatable bonds is 1. The Kier molecular flexibility index (Phi) is 3.05. The van der Waals surface area contributed by atoms with E-state index >= 15 is 0 Å². The summed E-state index contributed by atoms with van der Waals surface area (Å²) in [5, 5.41) is 9.25. The third-order valence-electron chi connectivity index (χ3n) is 2.97. The fourth-order valence-electron chi connectivity index (χ4n) is 2.10. The van der Waals surface area contributed by atoms with Crippen molar-refractivity contribution in [2.45, 2.75) is 0 Å². The predicted octanol–water partition coefficient (Wildman–Crippen LogP) is 4.35. The first kappa shape index (κ1) is 12.9. The van der Waals surface area contributed by atoms with Crippen molar-refractivity contribution >= 4 is 34.9 Å². The number of H-pyrrole nitrogens is 1. The van der Waals surface area contributed by atoms with Gasteiger partial charge in [0.25, 0.3) is 0 Å². The maximum atomic E-state index is 14.2. The van der Waals surface area contributed by atoms with Crippen LogP contribution in [0.5, 0.6) is 0 Å². The van der Waals surface area contributed by atoms with Gasteiger partial charge >= 0.3 is 0 Å². The van der Waals surface area contributed by atoms with Gasteiger partial charge in [0.2, 0.25) is 0 Å². The van der Waals surface area contributed by atoms with Crippen LogP contribution in [0.1, 0.15) is 5.56 Å². The fourth-order valence-corrected chi connectivity index (χ4v) is 2.66. The number of benzene rings is 2.